The normalized spacial score (nSPS) is 13.1. The molecular formula is C17H38NP. The summed E-state index contributed by atoms with van der Waals surface area (Å²) in [7, 11) is 0.111. The number of hydrogen-bond donors (Lipinski definition) is 1. The van der Waals surface area contributed by atoms with E-state index in [1.54, 1.807) is 0 Å². The SMILES string of the molecule is CCCCCCP(CCCCCC)C(N)CCCC. The van der Waals surface area contributed by atoms with Gasteiger partial charge in [-0.25, -0.2) is 0 Å². The molecule has 0 aliphatic carbocycles. The molecule has 2 N–H and O–H groups in total. The molecule has 0 aromatic heterocycles. The summed E-state index contributed by atoms with van der Waals surface area (Å²) in [6.07, 6.45) is 17.9. The lowest BCUT2D eigenvalue weighted by Gasteiger charge is -2.25. The number of unbranched alkanes of at least 4 members (excludes halogenated alkanes) is 7. The lowest BCUT2D eigenvalue weighted by molar-refractivity contribution is 0.670. The molecular weight excluding hydrogens is 249 g/mol. The number of rotatable bonds is 14. The molecule has 0 spiro atoms. The summed E-state index contributed by atoms with van der Waals surface area (Å²) in [4.78, 5) is 0. The molecule has 19 heavy (non-hydrogen) atoms. The summed E-state index contributed by atoms with van der Waals surface area (Å²) in [6, 6.07) is 0. The second-order valence-electron chi connectivity index (χ2n) is 5.87. The monoisotopic (exact) mass is 287 g/mol. The van der Waals surface area contributed by atoms with E-state index >= 15 is 0 Å². The summed E-state index contributed by atoms with van der Waals surface area (Å²) in [5.41, 5.74) is 6.46. The zero-order valence-electron chi connectivity index (χ0n) is 13.8. The van der Waals surface area contributed by atoms with Gasteiger partial charge in [0, 0.05) is 5.78 Å². The van der Waals surface area contributed by atoms with Crippen molar-refractivity contribution in [1.82, 2.24) is 0 Å². The number of hydrogen-bond acceptors (Lipinski definition) is 1. The van der Waals surface area contributed by atoms with E-state index < -0.39 is 0 Å². The van der Waals surface area contributed by atoms with E-state index in [1.807, 2.05) is 0 Å². The van der Waals surface area contributed by atoms with Crippen molar-refractivity contribution in [3.8, 4) is 0 Å². The minimum absolute atomic E-state index is 0.111. The molecule has 2 heteroatoms. The van der Waals surface area contributed by atoms with Crippen LogP contribution in [0.25, 0.3) is 0 Å². The lowest BCUT2D eigenvalue weighted by atomic mass is 10.2. The van der Waals surface area contributed by atoms with Crippen molar-refractivity contribution in [2.24, 2.45) is 5.73 Å². The van der Waals surface area contributed by atoms with Gasteiger partial charge in [0.15, 0.2) is 0 Å². The third kappa shape index (κ3) is 11.9. The van der Waals surface area contributed by atoms with Crippen LogP contribution in [0.1, 0.15) is 91.4 Å². The Balaban J connectivity index is 3.91. The van der Waals surface area contributed by atoms with E-state index in [2.05, 4.69) is 20.8 Å². The topological polar surface area (TPSA) is 26.0 Å². The molecule has 0 rings (SSSR count). The average molecular weight is 287 g/mol. The first-order valence-corrected chi connectivity index (χ1v) is 10.5. The van der Waals surface area contributed by atoms with Gasteiger partial charge in [0.05, 0.1) is 0 Å². The smallest absolute Gasteiger partial charge is 0.0242 e. The molecule has 0 amide bonds. The Labute approximate surface area is 123 Å². The van der Waals surface area contributed by atoms with Crippen LogP contribution in [0.15, 0.2) is 0 Å². The summed E-state index contributed by atoms with van der Waals surface area (Å²) in [5.74, 6) is 0.526. The zero-order chi connectivity index (χ0) is 14.3. The summed E-state index contributed by atoms with van der Waals surface area (Å²) in [5, 5.41) is 0. The van der Waals surface area contributed by atoms with Crippen LogP contribution >= 0.6 is 7.92 Å². The Bertz CT molecular complexity index is 161. The van der Waals surface area contributed by atoms with Gasteiger partial charge in [-0.3, -0.25) is 0 Å². The van der Waals surface area contributed by atoms with Gasteiger partial charge in [-0.15, -0.1) is 0 Å². The minimum atomic E-state index is 0.111. The van der Waals surface area contributed by atoms with E-state index in [-0.39, 0.29) is 7.92 Å². The standard InChI is InChI=1S/C17H38NP/c1-4-7-10-12-15-19(16-13-11-8-5-2)17(18)14-9-6-3/h17H,4-16,18H2,1-3H3. The molecule has 0 saturated heterocycles. The van der Waals surface area contributed by atoms with Crippen LogP contribution in [0.3, 0.4) is 0 Å². The predicted molar refractivity (Wildman–Crippen MR) is 92.4 cm³/mol. The first-order chi connectivity index (χ1) is 9.26. The molecule has 0 aliphatic rings. The first kappa shape index (κ1) is 19.4. The van der Waals surface area contributed by atoms with E-state index in [0.29, 0.717) is 5.78 Å². The van der Waals surface area contributed by atoms with Gasteiger partial charge in [0.2, 0.25) is 0 Å². The molecule has 1 atom stereocenters. The van der Waals surface area contributed by atoms with Crippen LogP contribution in [0.4, 0.5) is 0 Å². The molecule has 0 aromatic rings. The average Bonchev–Trinajstić information content (AvgIpc) is 2.43. The molecule has 0 aromatic carbocycles. The van der Waals surface area contributed by atoms with Gasteiger partial charge in [0.1, 0.15) is 0 Å². The quantitative estimate of drug-likeness (QED) is 0.303. The van der Waals surface area contributed by atoms with Crippen molar-refractivity contribution in [3.05, 3.63) is 0 Å². The largest absolute Gasteiger partial charge is 0.324 e. The Morgan fingerprint density at radius 2 is 1.16 bits per heavy atom. The van der Waals surface area contributed by atoms with Crippen molar-refractivity contribution in [3.63, 3.8) is 0 Å². The van der Waals surface area contributed by atoms with Crippen molar-refractivity contribution in [2.45, 2.75) is 97.2 Å². The summed E-state index contributed by atoms with van der Waals surface area (Å²) in [6.45, 7) is 6.86. The number of nitrogens with two attached hydrogens (primary N) is 1. The van der Waals surface area contributed by atoms with Gasteiger partial charge in [0.25, 0.3) is 0 Å². The molecule has 0 aliphatic heterocycles. The third-order valence-electron chi connectivity index (χ3n) is 3.92. The first-order valence-electron chi connectivity index (χ1n) is 8.75. The van der Waals surface area contributed by atoms with Crippen LogP contribution < -0.4 is 5.73 Å². The summed E-state index contributed by atoms with van der Waals surface area (Å²) < 4.78 is 0. The van der Waals surface area contributed by atoms with E-state index in [0.717, 1.165) is 0 Å². The highest BCUT2D eigenvalue weighted by atomic mass is 31.1. The third-order valence-corrected chi connectivity index (χ3v) is 6.90. The maximum Gasteiger partial charge on any atom is 0.0242 e. The Morgan fingerprint density at radius 3 is 1.58 bits per heavy atom. The zero-order valence-corrected chi connectivity index (χ0v) is 14.7. The van der Waals surface area contributed by atoms with Gasteiger partial charge in [-0.1, -0.05) is 80.1 Å². The van der Waals surface area contributed by atoms with Crippen LogP contribution in [-0.4, -0.2) is 18.1 Å². The van der Waals surface area contributed by atoms with E-state index in [9.17, 15) is 0 Å². The van der Waals surface area contributed by atoms with Gasteiger partial charge < -0.3 is 5.73 Å². The molecule has 116 valence electrons. The van der Waals surface area contributed by atoms with Crippen molar-refractivity contribution in [1.29, 1.82) is 0 Å². The molecule has 0 bridgehead atoms. The molecule has 1 nitrogen and oxygen atoms in total. The molecule has 0 heterocycles. The maximum atomic E-state index is 6.46. The van der Waals surface area contributed by atoms with Crippen molar-refractivity contribution >= 4 is 7.92 Å². The molecule has 1 unspecified atom stereocenters. The lowest BCUT2D eigenvalue weighted by Crippen LogP contribution is -2.20. The van der Waals surface area contributed by atoms with E-state index in [4.69, 9.17) is 5.73 Å². The maximum absolute atomic E-state index is 6.46. The Hall–Kier alpha value is 0.390. The Morgan fingerprint density at radius 1 is 0.684 bits per heavy atom. The highest BCUT2D eigenvalue weighted by Gasteiger charge is 2.15. The van der Waals surface area contributed by atoms with Crippen molar-refractivity contribution in [2.75, 3.05) is 12.3 Å². The second kappa shape index (κ2) is 14.8. The fourth-order valence-corrected chi connectivity index (χ4v) is 5.22. The summed E-state index contributed by atoms with van der Waals surface area (Å²) >= 11 is 0. The predicted octanol–water partition coefficient (Wildman–Crippen LogP) is 6.10. The fraction of sp³-hybridized carbons (Fsp3) is 1.00. The molecule has 0 fully saturated rings. The van der Waals surface area contributed by atoms with Crippen LogP contribution in [-0.2, 0) is 0 Å². The van der Waals surface area contributed by atoms with Crippen molar-refractivity contribution < 1.29 is 0 Å². The van der Waals surface area contributed by atoms with Gasteiger partial charge in [-0.2, -0.15) is 0 Å². The van der Waals surface area contributed by atoms with Crippen LogP contribution in [0.2, 0.25) is 0 Å². The van der Waals surface area contributed by atoms with Gasteiger partial charge >= 0.3 is 0 Å². The minimum Gasteiger partial charge on any atom is -0.324 e. The van der Waals surface area contributed by atoms with Crippen LogP contribution in [0, 0.1) is 0 Å². The Kier molecular flexibility index (Phi) is 15.1. The highest BCUT2D eigenvalue weighted by Crippen LogP contribution is 2.43. The fourth-order valence-electron chi connectivity index (χ4n) is 2.52. The van der Waals surface area contributed by atoms with Gasteiger partial charge in [-0.05, 0) is 31.6 Å². The van der Waals surface area contributed by atoms with Crippen LogP contribution in [0.5, 0.6) is 0 Å². The second-order valence-corrected chi connectivity index (χ2v) is 8.60. The van der Waals surface area contributed by atoms with E-state index in [1.165, 1.54) is 83.0 Å². The molecule has 0 radical (unpaired) electrons. The molecule has 0 saturated carbocycles. The highest BCUT2D eigenvalue weighted by molar-refractivity contribution is 7.58.